The van der Waals surface area contributed by atoms with Crippen LogP contribution in [0.1, 0.15) is 73.6 Å². The van der Waals surface area contributed by atoms with E-state index in [1.54, 1.807) is 12.2 Å². The van der Waals surface area contributed by atoms with Gasteiger partial charge in [-0.3, -0.25) is 9.59 Å². The predicted molar refractivity (Wildman–Crippen MR) is 123 cm³/mol. The molecule has 2 saturated heterocycles. The van der Waals surface area contributed by atoms with Gasteiger partial charge in [-0.1, -0.05) is 33.8 Å². The van der Waals surface area contributed by atoms with E-state index in [2.05, 4.69) is 26.8 Å². The first kappa shape index (κ1) is 21.9. The summed E-state index contributed by atoms with van der Waals surface area (Å²) in [6, 6.07) is 0. The molecule has 1 N–H and O–H groups in total. The number of ether oxygens (including phenoxy) is 2. The summed E-state index contributed by atoms with van der Waals surface area (Å²) < 4.78 is 13.9. The molecule has 2 bridgehead atoms. The van der Waals surface area contributed by atoms with Crippen LogP contribution in [0.5, 0.6) is 0 Å². The van der Waals surface area contributed by atoms with Crippen molar-refractivity contribution in [2.75, 3.05) is 0 Å². The molecule has 0 radical (unpaired) electrons. The van der Waals surface area contributed by atoms with E-state index in [0.29, 0.717) is 24.3 Å². The second-order valence-corrected chi connectivity index (χ2v) is 12.5. The fourth-order valence-corrected chi connectivity index (χ4v) is 8.52. The summed E-state index contributed by atoms with van der Waals surface area (Å²) in [4.78, 5) is 25.6. The van der Waals surface area contributed by atoms with Crippen LogP contribution in [0.25, 0.3) is 0 Å². The molecule has 1 unspecified atom stereocenters. The molecular formula is C28H36O5. The lowest BCUT2D eigenvalue weighted by Gasteiger charge is -2.63. The van der Waals surface area contributed by atoms with Gasteiger partial charge in [0.15, 0.2) is 17.4 Å². The van der Waals surface area contributed by atoms with Crippen LogP contribution in [0.4, 0.5) is 0 Å². The van der Waals surface area contributed by atoms with Crippen molar-refractivity contribution in [2.24, 2.45) is 28.6 Å². The van der Waals surface area contributed by atoms with Gasteiger partial charge in [-0.15, -0.1) is 0 Å². The highest BCUT2D eigenvalue weighted by atomic mass is 16.7. The number of hydrogen-bond donors (Lipinski definition) is 1. The molecule has 33 heavy (non-hydrogen) atoms. The van der Waals surface area contributed by atoms with Gasteiger partial charge < -0.3 is 14.6 Å². The van der Waals surface area contributed by atoms with Gasteiger partial charge in [0.05, 0.1) is 5.60 Å². The molecule has 6 rings (SSSR count). The molecule has 1 saturated carbocycles. The number of allylic oxidation sites excluding steroid dienone is 4. The quantitative estimate of drug-likeness (QED) is 0.588. The van der Waals surface area contributed by atoms with Crippen LogP contribution in [0.15, 0.2) is 34.9 Å². The summed E-state index contributed by atoms with van der Waals surface area (Å²) in [5.74, 6) is -0.850. The van der Waals surface area contributed by atoms with E-state index < -0.39 is 28.5 Å². The molecule has 2 heterocycles. The van der Waals surface area contributed by atoms with Crippen molar-refractivity contribution in [3.8, 4) is 0 Å². The molecule has 6 aliphatic rings. The fourth-order valence-electron chi connectivity index (χ4n) is 8.52. The summed E-state index contributed by atoms with van der Waals surface area (Å²) in [5.41, 5.74) is 0.905. The first-order valence-electron chi connectivity index (χ1n) is 12.6. The second kappa shape index (κ2) is 6.16. The monoisotopic (exact) mass is 452 g/mol. The van der Waals surface area contributed by atoms with E-state index in [1.807, 2.05) is 20.8 Å². The minimum atomic E-state index is -1.09. The molecule has 1 spiro atoms. The fraction of sp³-hybridized carbons (Fsp3) is 0.714. The van der Waals surface area contributed by atoms with Gasteiger partial charge >= 0.3 is 0 Å². The first-order chi connectivity index (χ1) is 15.3. The summed E-state index contributed by atoms with van der Waals surface area (Å²) in [7, 11) is 0. The van der Waals surface area contributed by atoms with Crippen LogP contribution in [0, 0.1) is 28.6 Å². The maximum Gasteiger partial charge on any atom is 0.199 e. The Labute approximate surface area is 196 Å². The van der Waals surface area contributed by atoms with Gasteiger partial charge in [0.25, 0.3) is 0 Å². The van der Waals surface area contributed by atoms with Crippen molar-refractivity contribution >= 4 is 11.6 Å². The Kier molecular flexibility index (Phi) is 4.10. The molecule has 0 amide bonds. The topological polar surface area (TPSA) is 72.8 Å². The zero-order valence-corrected chi connectivity index (χ0v) is 20.7. The molecule has 0 aromatic heterocycles. The maximum absolute atomic E-state index is 13.4. The normalized spacial score (nSPS) is 52.0. The highest BCUT2D eigenvalue weighted by molar-refractivity contribution is 6.13. The van der Waals surface area contributed by atoms with Crippen molar-refractivity contribution < 1.29 is 24.2 Å². The van der Waals surface area contributed by atoms with Crippen LogP contribution in [0.3, 0.4) is 0 Å². The Morgan fingerprint density at radius 1 is 0.939 bits per heavy atom. The van der Waals surface area contributed by atoms with E-state index >= 15 is 0 Å². The van der Waals surface area contributed by atoms with Crippen LogP contribution >= 0.6 is 0 Å². The molecule has 178 valence electrons. The molecule has 0 aromatic rings. The lowest BCUT2D eigenvalue weighted by Crippen LogP contribution is -2.68. The third kappa shape index (κ3) is 2.30. The molecule has 4 aliphatic carbocycles. The van der Waals surface area contributed by atoms with Crippen molar-refractivity contribution in [3.05, 3.63) is 34.9 Å². The number of aliphatic hydroxyl groups excluding tert-OH is 1. The third-order valence-corrected chi connectivity index (χ3v) is 10.9. The van der Waals surface area contributed by atoms with Crippen molar-refractivity contribution in [1.82, 2.24) is 0 Å². The Morgan fingerprint density at radius 3 is 2.33 bits per heavy atom. The van der Waals surface area contributed by atoms with Gasteiger partial charge in [-0.2, -0.15) is 0 Å². The first-order valence-corrected chi connectivity index (χ1v) is 12.6. The predicted octanol–water partition coefficient (Wildman–Crippen LogP) is 4.44. The highest BCUT2D eigenvalue weighted by Crippen LogP contribution is 2.73. The van der Waals surface area contributed by atoms with Gasteiger partial charge in [0.1, 0.15) is 11.7 Å². The minimum Gasteiger partial charge on any atom is -0.387 e. The zero-order valence-electron chi connectivity index (χ0n) is 20.7. The lowest BCUT2D eigenvalue weighted by atomic mass is 9.50. The summed E-state index contributed by atoms with van der Waals surface area (Å²) in [6.45, 7) is 12.7. The Balaban J connectivity index is 1.55. The van der Waals surface area contributed by atoms with Crippen LogP contribution in [-0.4, -0.2) is 39.8 Å². The molecule has 5 nitrogen and oxygen atoms in total. The van der Waals surface area contributed by atoms with Gasteiger partial charge in [0.2, 0.25) is 0 Å². The standard InChI is InChI=1S/C28H36O5/c1-15-18-9-12-27(33-28(15)23(31)16(2)24(3,4)32-28)20-14-22(30)21-13-17(29)7-10-25(21,5)19(20)8-11-26(18,27)6/h8,13-16,18,23,31H,7,9-12H2,1-6H3/t15-,16-,18?,23+,25+,26+,27-,28+/m0/s1. The SMILES string of the molecule is C[C@H]1[C@@H](O)[C@]2(OC1(C)C)O[C@]13CCC([C@@H]2C)[C@@]1(C)CC=C1C3=CC(=O)C2=CC(=O)CC[C@@]21C. The van der Waals surface area contributed by atoms with E-state index in [0.717, 1.165) is 30.4 Å². The van der Waals surface area contributed by atoms with Crippen molar-refractivity contribution in [2.45, 2.75) is 96.7 Å². The van der Waals surface area contributed by atoms with Crippen LogP contribution in [-0.2, 0) is 19.1 Å². The van der Waals surface area contributed by atoms with Gasteiger partial charge in [0, 0.05) is 34.7 Å². The maximum atomic E-state index is 13.4. The van der Waals surface area contributed by atoms with Crippen LogP contribution < -0.4 is 0 Å². The van der Waals surface area contributed by atoms with Crippen LogP contribution in [0.2, 0.25) is 0 Å². The number of rotatable bonds is 0. The Hall–Kier alpha value is -1.56. The number of hydrogen-bond acceptors (Lipinski definition) is 5. The van der Waals surface area contributed by atoms with Gasteiger partial charge in [-0.05, 0) is 68.7 Å². The van der Waals surface area contributed by atoms with E-state index in [-0.39, 0.29) is 28.8 Å². The minimum absolute atomic E-state index is 0.0329. The van der Waals surface area contributed by atoms with Gasteiger partial charge in [-0.25, -0.2) is 0 Å². The zero-order chi connectivity index (χ0) is 23.8. The molecule has 5 heteroatoms. The largest absolute Gasteiger partial charge is 0.387 e. The molecule has 2 aliphatic heterocycles. The van der Waals surface area contributed by atoms with Crippen molar-refractivity contribution in [1.29, 1.82) is 0 Å². The summed E-state index contributed by atoms with van der Waals surface area (Å²) in [6.07, 6.45) is 8.67. The third-order valence-electron chi connectivity index (χ3n) is 10.9. The molecular weight excluding hydrogens is 416 g/mol. The summed E-state index contributed by atoms with van der Waals surface area (Å²) >= 11 is 0. The molecule has 0 aromatic carbocycles. The number of ketones is 2. The molecule has 3 fully saturated rings. The Morgan fingerprint density at radius 2 is 1.67 bits per heavy atom. The number of carbonyl (C=O) groups is 2. The molecule has 8 atom stereocenters. The average molecular weight is 453 g/mol. The Bertz CT molecular complexity index is 1080. The van der Waals surface area contributed by atoms with E-state index in [9.17, 15) is 14.7 Å². The van der Waals surface area contributed by atoms with Crippen molar-refractivity contribution in [3.63, 3.8) is 0 Å². The second-order valence-electron chi connectivity index (χ2n) is 12.5. The number of carbonyl (C=O) groups excluding carboxylic acids is 2. The smallest absolute Gasteiger partial charge is 0.199 e. The average Bonchev–Trinajstić information content (AvgIpc) is 3.07. The van der Waals surface area contributed by atoms with E-state index in [4.69, 9.17) is 9.47 Å². The van der Waals surface area contributed by atoms with E-state index in [1.165, 1.54) is 0 Å². The summed E-state index contributed by atoms with van der Waals surface area (Å²) in [5, 5.41) is 11.5. The highest BCUT2D eigenvalue weighted by Gasteiger charge is 2.76. The number of fused-ring (bicyclic) bond motifs is 3. The lowest BCUT2D eigenvalue weighted by molar-refractivity contribution is -0.375. The number of aliphatic hydroxyl groups is 1.